The van der Waals surface area contributed by atoms with Gasteiger partial charge in [-0.25, -0.2) is 9.59 Å². The number of nitrogens with zero attached hydrogens (tertiary/aromatic N) is 2. The van der Waals surface area contributed by atoms with Gasteiger partial charge in [0, 0.05) is 32.2 Å². The van der Waals surface area contributed by atoms with Gasteiger partial charge in [-0.1, -0.05) is 0 Å². The van der Waals surface area contributed by atoms with E-state index in [4.69, 9.17) is 5.11 Å². The van der Waals surface area contributed by atoms with E-state index in [1.54, 1.807) is 4.90 Å². The quantitative estimate of drug-likeness (QED) is 0.755. The first-order valence-electron chi connectivity index (χ1n) is 6.09. The third-order valence-corrected chi connectivity index (χ3v) is 3.71. The highest BCUT2D eigenvalue weighted by Gasteiger charge is 2.34. The molecule has 0 spiro atoms. The van der Waals surface area contributed by atoms with Crippen LogP contribution in [-0.4, -0.2) is 59.3 Å². The highest BCUT2D eigenvalue weighted by molar-refractivity contribution is 5.76. The minimum atomic E-state index is -0.953. The number of hydrogen-bond acceptors (Lipinski definition) is 2. The Hall–Kier alpha value is -1.46. The molecule has 1 aliphatic carbocycles. The summed E-state index contributed by atoms with van der Waals surface area (Å²) in [5.74, 6) is 0. The number of hydrogen-bond donors (Lipinski definition) is 2. The molecule has 6 heteroatoms. The van der Waals surface area contributed by atoms with Gasteiger partial charge in [-0.15, -0.1) is 0 Å². The second-order valence-electron chi connectivity index (χ2n) is 4.85. The van der Waals surface area contributed by atoms with E-state index in [1.807, 2.05) is 11.9 Å². The summed E-state index contributed by atoms with van der Waals surface area (Å²) in [5, 5.41) is 11.2. The molecular weight excluding hydrogens is 222 g/mol. The van der Waals surface area contributed by atoms with E-state index in [0.717, 1.165) is 38.8 Å². The van der Waals surface area contributed by atoms with E-state index in [0.29, 0.717) is 6.04 Å². The summed E-state index contributed by atoms with van der Waals surface area (Å²) in [5.41, 5.74) is 0. The van der Waals surface area contributed by atoms with Crippen LogP contribution in [0.25, 0.3) is 0 Å². The van der Waals surface area contributed by atoms with Crippen molar-refractivity contribution >= 4 is 12.1 Å². The summed E-state index contributed by atoms with van der Waals surface area (Å²) < 4.78 is 0. The second-order valence-corrected chi connectivity index (χ2v) is 4.85. The zero-order valence-corrected chi connectivity index (χ0v) is 10.1. The fraction of sp³-hybridized carbons (Fsp3) is 0.818. The van der Waals surface area contributed by atoms with Crippen LogP contribution >= 0.6 is 0 Å². The standard InChI is InChI=1S/C11H19N3O3/c1-13-6-7-14(11(13)17)9-4-2-8(3-5-9)12-10(15)16/h8-9,12H,2-7H2,1H3,(H,15,16). The molecule has 2 fully saturated rings. The molecule has 17 heavy (non-hydrogen) atoms. The summed E-state index contributed by atoms with van der Waals surface area (Å²) in [7, 11) is 1.82. The van der Waals surface area contributed by atoms with Crippen LogP contribution in [-0.2, 0) is 0 Å². The first-order valence-corrected chi connectivity index (χ1v) is 6.09. The van der Waals surface area contributed by atoms with Crippen molar-refractivity contribution in [3.05, 3.63) is 0 Å². The van der Waals surface area contributed by atoms with Crippen LogP contribution in [0.15, 0.2) is 0 Å². The van der Waals surface area contributed by atoms with Gasteiger partial charge in [-0.2, -0.15) is 0 Å². The molecule has 6 nitrogen and oxygen atoms in total. The molecule has 0 radical (unpaired) electrons. The second kappa shape index (κ2) is 4.81. The average molecular weight is 241 g/mol. The van der Waals surface area contributed by atoms with Crippen molar-refractivity contribution in [3.8, 4) is 0 Å². The zero-order valence-electron chi connectivity index (χ0n) is 10.1. The molecule has 0 aromatic rings. The Kier molecular flexibility index (Phi) is 3.40. The number of carbonyl (C=O) groups excluding carboxylic acids is 1. The molecule has 3 amide bonds. The minimum absolute atomic E-state index is 0.0548. The minimum Gasteiger partial charge on any atom is -0.465 e. The molecule has 1 saturated carbocycles. The average Bonchev–Trinajstić information content (AvgIpc) is 2.60. The van der Waals surface area contributed by atoms with Gasteiger partial charge >= 0.3 is 12.1 Å². The van der Waals surface area contributed by atoms with Crippen LogP contribution in [0.5, 0.6) is 0 Å². The summed E-state index contributed by atoms with van der Waals surface area (Å²) >= 11 is 0. The number of amides is 3. The SMILES string of the molecule is CN1CCN(C2CCC(NC(=O)O)CC2)C1=O. The largest absolute Gasteiger partial charge is 0.465 e. The number of carboxylic acid groups (broad SMARTS) is 1. The Morgan fingerprint density at radius 2 is 1.94 bits per heavy atom. The number of carbonyl (C=O) groups is 2. The molecule has 1 heterocycles. The lowest BCUT2D eigenvalue weighted by Crippen LogP contribution is -2.44. The summed E-state index contributed by atoms with van der Waals surface area (Å²) in [6.07, 6.45) is 2.48. The lowest BCUT2D eigenvalue weighted by molar-refractivity contribution is 0.154. The van der Waals surface area contributed by atoms with Crippen LogP contribution in [0.3, 0.4) is 0 Å². The van der Waals surface area contributed by atoms with Crippen molar-refractivity contribution in [2.24, 2.45) is 0 Å². The molecule has 0 atom stereocenters. The van der Waals surface area contributed by atoms with Crippen LogP contribution in [0.2, 0.25) is 0 Å². The lowest BCUT2D eigenvalue weighted by atomic mass is 9.90. The van der Waals surface area contributed by atoms with E-state index in [-0.39, 0.29) is 12.1 Å². The maximum Gasteiger partial charge on any atom is 0.404 e. The lowest BCUT2D eigenvalue weighted by Gasteiger charge is -2.34. The van der Waals surface area contributed by atoms with Gasteiger partial charge < -0.3 is 20.2 Å². The van der Waals surface area contributed by atoms with Gasteiger partial charge in [0.15, 0.2) is 0 Å². The van der Waals surface area contributed by atoms with Crippen molar-refractivity contribution in [1.29, 1.82) is 0 Å². The monoisotopic (exact) mass is 241 g/mol. The highest BCUT2D eigenvalue weighted by Crippen LogP contribution is 2.25. The smallest absolute Gasteiger partial charge is 0.404 e. The van der Waals surface area contributed by atoms with Gasteiger partial charge in [-0.05, 0) is 25.7 Å². The Morgan fingerprint density at radius 1 is 1.29 bits per heavy atom. The number of urea groups is 1. The summed E-state index contributed by atoms with van der Waals surface area (Å²) in [6.45, 7) is 1.60. The maximum atomic E-state index is 11.8. The highest BCUT2D eigenvalue weighted by atomic mass is 16.4. The van der Waals surface area contributed by atoms with Crippen molar-refractivity contribution in [3.63, 3.8) is 0 Å². The van der Waals surface area contributed by atoms with E-state index in [2.05, 4.69) is 5.32 Å². The summed E-state index contributed by atoms with van der Waals surface area (Å²) in [6, 6.07) is 0.457. The van der Waals surface area contributed by atoms with E-state index >= 15 is 0 Å². The fourth-order valence-electron chi connectivity index (χ4n) is 2.71. The number of nitrogens with one attached hydrogen (secondary N) is 1. The molecule has 0 aromatic heterocycles. The molecule has 1 aliphatic heterocycles. The topological polar surface area (TPSA) is 72.9 Å². The zero-order chi connectivity index (χ0) is 12.4. The number of rotatable bonds is 2. The van der Waals surface area contributed by atoms with Crippen LogP contribution in [0.4, 0.5) is 9.59 Å². The van der Waals surface area contributed by atoms with Crippen molar-refractivity contribution in [2.45, 2.75) is 37.8 Å². The third kappa shape index (κ3) is 2.62. The molecule has 0 unspecified atom stereocenters. The van der Waals surface area contributed by atoms with Crippen LogP contribution < -0.4 is 5.32 Å². The molecule has 0 aromatic carbocycles. The predicted octanol–water partition coefficient (Wildman–Crippen LogP) is 0.933. The fourth-order valence-corrected chi connectivity index (χ4v) is 2.71. The molecular formula is C11H19N3O3. The van der Waals surface area contributed by atoms with E-state index < -0.39 is 6.09 Å². The molecule has 96 valence electrons. The van der Waals surface area contributed by atoms with Crippen LogP contribution in [0, 0.1) is 0 Å². The van der Waals surface area contributed by atoms with Gasteiger partial charge in [0.25, 0.3) is 0 Å². The summed E-state index contributed by atoms with van der Waals surface area (Å²) in [4.78, 5) is 26.0. The van der Waals surface area contributed by atoms with E-state index in [1.165, 1.54) is 0 Å². The van der Waals surface area contributed by atoms with Gasteiger partial charge in [-0.3, -0.25) is 0 Å². The maximum absolute atomic E-state index is 11.8. The Labute approximate surface area is 101 Å². The first-order chi connectivity index (χ1) is 8.08. The Bertz CT molecular complexity index is 313. The molecule has 1 saturated heterocycles. The van der Waals surface area contributed by atoms with Gasteiger partial charge in [0.05, 0.1) is 0 Å². The van der Waals surface area contributed by atoms with Gasteiger partial charge in [0.1, 0.15) is 0 Å². The number of likely N-dealkylation sites (N-methyl/N-ethyl adjacent to an activating group) is 1. The van der Waals surface area contributed by atoms with Gasteiger partial charge in [0.2, 0.25) is 0 Å². The van der Waals surface area contributed by atoms with Crippen molar-refractivity contribution in [2.75, 3.05) is 20.1 Å². The Morgan fingerprint density at radius 3 is 2.41 bits per heavy atom. The normalized spacial score (nSPS) is 29.6. The molecule has 2 N–H and O–H groups in total. The molecule has 2 rings (SSSR count). The van der Waals surface area contributed by atoms with Crippen LogP contribution in [0.1, 0.15) is 25.7 Å². The van der Waals surface area contributed by atoms with Crippen molar-refractivity contribution in [1.82, 2.24) is 15.1 Å². The first kappa shape index (κ1) is 12.0. The Balaban J connectivity index is 1.83. The molecule has 0 bridgehead atoms. The van der Waals surface area contributed by atoms with E-state index in [9.17, 15) is 9.59 Å². The predicted molar refractivity (Wildman–Crippen MR) is 61.9 cm³/mol. The molecule has 2 aliphatic rings. The van der Waals surface area contributed by atoms with Crippen molar-refractivity contribution < 1.29 is 14.7 Å². The third-order valence-electron chi connectivity index (χ3n) is 3.71.